The van der Waals surface area contributed by atoms with Crippen LogP contribution in [0.15, 0.2) is 133 Å². The molecule has 0 saturated heterocycles. The second-order valence-electron chi connectivity index (χ2n) is 9.59. The molecule has 0 radical (unpaired) electrons. The van der Waals surface area contributed by atoms with Gasteiger partial charge in [-0.25, -0.2) is 4.98 Å². The summed E-state index contributed by atoms with van der Waals surface area (Å²) in [4.78, 5) is 4.81. The quantitative estimate of drug-likeness (QED) is 0.286. The van der Waals surface area contributed by atoms with E-state index in [1.165, 1.54) is 11.1 Å². The van der Waals surface area contributed by atoms with Gasteiger partial charge in [0, 0.05) is 6.20 Å². The van der Waals surface area contributed by atoms with E-state index in [9.17, 15) is 5.11 Å². The fourth-order valence-corrected chi connectivity index (χ4v) is 5.50. The molecule has 0 bridgehead atoms. The van der Waals surface area contributed by atoms with Gasteiger partial charge in [-0.1, -0.05) is 121 Å². The van der Waals surface area contributed by atoms with E-state index in [0.29, 0.717) is 5.69 Å². The summed E-state index contributed by atoms with van der Waals surface area (Å²) in [5.74, 6) is 0. The summed E-state index contributed by atoms with van der Waals surface area (Å²) in [7, 11) is 0. The Morgan fingerprint density at radius 3 is 1.72 bits per heavy atom. The lowest BCUT2D eigenvalue weighted by molar-refractivity contribution is 0.0922. The maximum atomic E-state index is 11.8. The van der Waals surface area contributed by atoms with E-state index in [-0.39, 0.29) is 0 Å². The molecule has 4 aromatic carbocycles. The van der Waals surface area contributed by atoms with E-state index < -0.39 is 11.1 Å². The standard InChI is InChI=1S/C33H28N2O/c1-32(36,30-21-25-13-11-12-14-26(25)22-30)31-23-35(24-34-31)33(27-15-5-2-6-16-27,28-17-7-3-8-18-28)29-19-9-4-10-20-29/h2-21,23-24,36H,22H2,1H3. The lowest BCUT2D eigenvalue weighted by Gasteiger charge is -2.37. The minimum atomic E-state index is -1.19. The van der Waals surface area contributed by atoms with Gasteiger partial charge in [-0.05, 0) is 46.7 Å². The Morgan fingerprint density at radius 2 is 1.19 bits per heavy atom. The molecule has 3 heteroatoms. The summed E-state index contributed by atoms with van der Waals surface area (Å²) < 4.78 is 2.15. The van der Waals surface area contributed by atoms with Crippen molar-refractivity contribution < 1.29 is 5.11 Å². The number of hydrogen-bond donors (Lipinski definition) is 1. The van der Waals surface area contributed by atoms with Gasteiger partial charge in [-0.15, -0.1) is 0 Å². The first-order valence-electron chi connectivity index (χ1n) is 12.3. The van der Waals surface area contributed by atoms with Gasteiger partial charge >= 0.3 is 0 Å². The fourth-order valence-electron chi connectivity index (χ4n) is 5.50. The second-order valence-corrected chi connectivity index (χ2v) is 9.59. The van der Waals surface area contributed by atoms with Crippen molar-refractivity contribution in [3.63, 3.8) is 0 Å². The van der Waals surface area contributed by atoms with Crippen LogP contribution in [0.2, 0.25) is 0 Å². The van der Waals surface area contributed by atoms with E-state index >= 15 is 0 Å². The summed E-state index contributed by atoms with van der Waals surface area (Å²) >= 11 is 0. The zero-order chi connectivity index (χ0) is 24.6. The molecule has 0 aliphatic heterocycles. The van der Waals surface area contributed by atoms with Crippen LogP contribution in [-0.2, 0) is 17.6 Å². The average Bonchev–Trinajstić information content (AvgIpc) is 3.60. The van der Waals surface area contributed by atoms with Crippen molar-refractivity contribution in [1.29, 1.82) is 0 Å². The number of rotatable bonds is 6. The topological polar surface area (TPSA) is 38.0 Å². The third-order valence-electron chi connectivity index (χ3n) is 7.43. The molecule has 0 fully saturated rings. The molecule has 1 N–H and O–H groups in total. The predicted molar refractivity (Wildman–Crippen MR) is 145 cm³/mol. The third kappa shape index (κ3) is 3.52. The summed E-state index contributed by atoms with van der Waals surface area (Å²) in [6, 6.07) is 39.8. The number of aliphatic hydroxyl groups is 1. The Bertz CT molecular complexity index is 1420. The first kappa shape index (κ1) is 22.3. The van der Waals surface area contributed by atoms with Crippen molar-refractivity contribution in [1.82, 2.24) is 9.55 Å². The van der Waals surface area contributed by atoms with Crippen molar-refractivity contribution in [2.75, 3.05) is 0 Å². The number of benzene rings is 4. The van der Waals surface area contributed by atoms with Crippen molar-refractivity contribution in [2.45, 2.75) is 24.5 Å². The number of imidazole rings is 1. The van der Waals surface area contributed by atoms with Crippen LogP contribution in [0.25, 0.3) is 6.08 Å². The molecule has 6 rings (SSSR count). The summed E-state index contributed by atoms with van der Waals surface area (Å²) in [5.41, 5.74) is 5.51. The van der Waals surface area contributed by atoms with E-state index in [1.54, 1.807) is 0 Å². The SMILES string of the molecule is CC(O)(C1=Cc2ccccc2C1)c1cn(C(c2ccccc2)(c2ccccc2)c2ccccc2)cn1. The first-order chi connectivity index (χ1) is 17.6. The van der Waals surface area contributed by atoms with Crippen molar-refractivity contribution in [3.05, 3.63) is 167 Å². The van der Waals surface area contributed by atoms with Gasteiger partial charge in [0.05, 0.1) is 12.0 Å². The minimum Gasteiger partial charge on any atom is -0.379 e. The maximum absolute atomic E-state index is 11.8. The Kier molecular flexibility index (Phi) is 5.43. The molecule has 1 unspecified atom stereocenters. The summed E-state index contributed by atoms with van der Waals surface area (Å²) in [6.07, 6.45) is 6.70. The molecule has 3 nitrogen and oxygen atoms in total. The van der Waals surface area contributed by atoms with Crippen LogP contribution in [0, 0.1) is 0 Å². The van der Waals surface area contributed by atoms with Crippen LogP contribution in [0.5, 0.6) is 0 Å². The Balaban J connectivity index is 1.54. The molecule has 1 atom stereocenters. The van der Waals surface area contributed by atoms with Gasteiger partial charge in [0.1, 0.15) is 11.1 Å². The first-order valence-corrected chi connectivity index (χ1v) is 12.3. The van der Waals surface area contributed by atoms with Gasteiger partial charge in [0.15, 0.2) is 0 Å². The molecule has 1 heterocycles. The van der Waals surface area contributed by atoms with E-state index in [1.807, 2.05) is 49.8 Å². The van der Waals surface area contributed by atoms with Crippen LogP contribution < -0.4 is 0 Å². The molecule has 0 amide bonds. The van der Waals surface area contributed by atoms with Gasteiger partial charge in [0.2, 0.25) is 0 Å². The molecule has 0 spiro atoms. The lowest BCUT2D eigenvalue weighted by Crippen LogP contribution is -2.37. The number of nitrogens with zero attached hydrogens (tertiary/aromatic N) is 2. The van der Waals surface area contributed by atoms with Crippen molar-refractivity contribution >= 4 is 6.08 Å². The van der Waals surface area contributed by atoms with Crippen LogP contribution >= 0.6 is 0 Å². The molecular formula is C33H28N2O. The largest absolute Gasteiger partial charge is 0.379 e. The number of aromatic nitrogens is 2. The lowest BCUT2D eigenvalue weighted by atomic mass is 9.76. The normalized spacial score (nSPS) is 14.7. The van der Waals surface area contributed by atoms with Crippen molar-refractivity contribution in [3.8, 4) is 0 Å². The zero-order valence-electron chi connectivity index (χ0n) is 20.3. The third-order valence-corrected chi connectivity index (χ3v) is 7.43. The molecule has 1 aliphatic carbocycles. The van der Waals surface area contributed by atoms with Gasteiger partial charge in [-0.3, -0.25) is 0 Å². The second kappa shape index (κ2) is 8.78. The average molecular weight is 469 g/mol. The van der Waals surface area contributed by atoms with Crippen LogP contribution in [-0.4, -0.2) is 14.7 Å². The number of fused-ring (bicyclic) bond motifs is 1. The van der Waals surface area contributed by atoms with Crippen LogP contribution in [0.4, 0.5) is 0 Å². The zero-order valence-corrected chi connectivity index (χ0v) is 20.3. The monoisotopic (exact) mass is 468 g/mol. The number of hydrogen-bond acceptors (Lipinski definition) is 2. The molecular weight excluding hydrogens is 440 g/mol. The maximum Gasteiger partial charge on any atom is 0.127 e. The Morgan fingerprint density at radius 1 is 0.694 bits per heavy atom. The van der Waals surface area contributed by atoms with Crippen LogP contribution in [0.1, 0.15) is 40.4 Å². The minimum absolute atomic E-state index is 0.633. The van der Waals surface area contributed by atoms with E-state index in [4.69, 9.17) is 4.98 Å². The predicted octanol–water partition coefficient (Wildman–Crippen LogP) is 6.57. The highest BCUT2D eigenvalue weighted by atomic mass is 16.3. The van der Waals surface area contributed by atoms with Gasteiger partial charge in [-0.2, -0.15) is 0 Å². The fraction of sp³-hybridized carbons (Fsp3) is 0.121. The Hall–Kier alpha value is -4.21. The highest BCUT2D eigenvalue weighted by Crippen LogP contribution is 2.43. The van der Waals surface area contributed by atoms with Gasteiger partial charge in [0.25, 0.3) is 0 Å². The summed E-state index contributed by atoms with van der Waals surface area (Å²) in [5, 5.41) is 11.8. The molecule has 1 aliphatic rings. The van der Waals surface area contributed by atoms with Crippen molar-refractivity contribution in [2.24, 2.45) is 0 Å². The molecule has 0 saturated carbocycles. The molecule has 5 aromatic rings. The Labute approximate surface area is 212 Å². The molecule has 36 heavy (non-hydrogen) atoms. The van der Waals surface area contributed by atoms with Crippen LogP contribution in [0.3, 0.4) is 0 Å². The molecule has 1 aromatic heterocycles. The summed E-state index contributed by atoms with van der Waals surface area (Å²) in [6.45, 7) is 1.85. The molecule has 176 valence electrons. The highest BCUT2D eigenvalue weighted by molar-refractivity contribution is 5.66. The highest BCUT2D eigenvalue weighted by Gasteiger charge is 2.40. The smallest absolute Gasteiger partial charge is 0.127 e. The van der Waals surface area contributed by atoms with E-state index in [2.05, 4.69) is 95.6 Å². The van der Waals surface area contributed by atoms with Gasteiger partial charge < -0.3 is 9.67 Å². The van der Waals surface area contributed by atoms with E-state index in [0.717, 1.165) is 28.7 Å².